The molecule has 0 radical (unpaired) electrons. The summed E-state index contributed by atoms with van der Waals surface area (Å²) in [4.78, 5) is 14.2. The first-order valence-corrected chi connectivity index (χ1v) is 10.7. The minimum atomic E-state index is -3.83. The maximum Gasteiger partial charge on any atom is 0.263 e. The first-order chi connectivity index (χ1) is 13.2. The van der Waals surface area contributed by atoms with Crippen molar-refractivity contribution in [2.75, 3.05) is 11.3 Å². The van der Waals surface area contributed by atoms with Crippen molar-refractivity contribution in [3.63, 3.8) is 0 Å². The van der Waals surface area contributed by atoms with Crippen LogP contribution in [0.2, 0.25) is 0 Å². The number of nitrogens with one attached hydrogen (secondary N) is 1. The molecule has 0 spiro atoms. The normalized spacial score (nSPS) is 15.4. The molecule has 8 nitrogen and oxygen atoms in total. The van der Waals surface area contributed by atoms with Crippen LogP contribution in [0, 0.1) is 12.8 Å². The maximum absolute atomic E-state index is 12.6. The number of anilines is 1. The second-order valence-corrected chi connectivity index (χ2v) is 9.20. The Kier molecular flexibility index (Phi) is 5.76. The van der Waals surface area contributed by atoms with E-state index in [1.54, 1.807) is 30.0 Å². The van der Waals surface area contributed by atoms with E-state index in [1.807, 2.05) is 13.8 Å². The third-order valence-electron chi connectivity index (χ3n) is 4.66. The van der Waals surface area contributed by atoms with Crippen LogP contribution in [0.1, 0.15) is 37.2 Å². The van der Waals surface area contributed by atoms with Crippen LogP contribution in [0.3, 0.4) is 0 Å². The molecule has 1 unspecified atom stereocenters. The lowest BCUT2D eigenvalue weighted by molar-refractivity contribution is -0.141. The van der Waals surface area contributed by atoms with Crippen molar-refractivity contribution >= 4 is 21.7 Å². The first-order valence-electron chi connectivity index (χ1n) is 9.20. The highest BCUT2D eigenvalue weighted by Crippen LogP contribution is 2.25. The van der Waals surface area contributed by atoms with Crippen molar-refractivity contribution in [1.29, 1.82) is 0 Å². The van der Waals surface area contributed by atoms with E-state index >= 15 is 0 Å². The average molecular weight is 407 g/mol. The number of hydrogen-bond acceptors (Lipinski definition) is 6. The van der Waals surface area contributed by atoms with Gasteiger partial charge in [-0.3, -0.25) is 9.52 Å². The van der Waals surface area contributed by atoms with E-state index in [4.69, 9.17) is 4.52 Å². The highest BCUT2D eigenvalue weighted by atomic mass is 32.2. The quantitative estimate of drug-likeness (QED) is 0.758. The van der Waals surface area contributed by atoms with Crippen LogP contribution in [-0.2, 0) is 27.8 Å². The zero-order valence-corrected chi connectivity index (χ0v) is 17.0. The van der Waals surface area contributed by atoms with Gasteiger partial charge in [-0.1, -0.05) is 25.1 Å². The van der Waals surface area contributed by atoms with Gasteiger partial charge in [-0.05, 0) is 48.9 Å². The Labute approximate surface area is 164 Å². The maximum atomic E-state index is 12.6. The van der Waals surface area contributed by atoms with Gasteiger partial charge in [0.05, 0.1) is 4.90 Å². The van der Waals surface area contributed by atoms with Gasteiger partial charge in [0.1, 0.15) is 11.9 Å². The third kappa shape index (κ3) is 4.53. The average Bonchev–Trinajstić information content (AvgIpc) is 3.03. The summed E-state index contributed by atoms with van der Waals surface area (Å²) in [6.45, 7) is 6.34. The second-order valence-electron chi connectivity index (χ2n) is 7.51. The van der Waals surface area contributed by atoms with Gasteiger partial charge in [-0.2, -0.15) is 0 Å². The lowest BCUT2D eigenvalue weighted by Crippen LogP contribution is -2.42. The lowest BCUT2D eigenvalue weighted by atomic mass is 9.98. The van der Waals surface area contributed by atoms with E-state index < -0.39 is 16.1 Å². The molecule has 2 N–H and O–H groups in total. The van der Waals surface area contributed by atoms with Gasteiger partial charge in [0.15, 0.2) is 5.82 Å². The van der Waals surface area contributed by atoms with Gasteiger partial charge in [0.2, 0.25) is 0 Å². The molecule has 1 atom stereocenters. The molecule has 0 fully saturated rings. The zero-order valence-electron chi connectivity index (χ0n) is 16.2. The van der Waals surface area contributed by atoms with E-state index in [-0.39, 0.29) is 29.1 Å². The predicted molar refractivity (Wildman–Crippen MR) is 103 cm³/mol. The molecular weight excluding hydrogens is 382 g/mol. The number of benzene rings is 1. The highest BCUT2D eigenvalue weighted by molar-refractivity contribution is 7.92. The number of carbonyl (C=O) groups excluding carboxylic acids is 1. The number of fused-ring (bicyclic) bond motifs is 1. The van der Waals surface area contributed by atoms with Gasteiger partial charge in [0.25, 0.3) is 15.9 Å². The van der Waals surface area contributed by atoms with Crippen molar-refractivity contribution < 1.29 is 22.8 Å². The number of aliphatic hydroxyl groups is 1. The Morgan fingerprint density at radius 3 is 2.71 bits per heavy atom. The zero-order chi connectivity index (χ0) is 20.5. The van der Waals surface area contributed by atoms with Gasteiger partial charge in [-0.15, -0.1) is 0 Å². The number of aryl methyl sites for hydroxylation is 1. The number of hydrogen-bond donors (Lipinski definition) is 2. The molecule has 0 bridgehead atoms. The summed E-state index contributed by atoms with van der Waals surface area (Å²) in [5.41, 5.74) is 1.76. The van der Waals surface area contributed by atoms with E-state index in [0.717, 1.165) is 11.1 Å². The molecule has 2 aromatic rings. The molecular formula is C19H25N3O5S. The molecule has 28 heavy (non-hydrogen) atoms. The number of carbonyl (C=O) groups is 1. The fraction of sp³-hybridized carbons (Fsp3) is 0.474. The summed E-state index contributed by atoms with van der Waals surface area (Å²) in [5.74, 6) is 0.504. The van der Waals surface area contributed by atoms with Crippen LogP contribution in [0.4, 0.5) is 5.82 Å². The van der Waals surface area contributed by atoms with E-state index in [9.17, 15) is 18.3 Å². The number of rotatable bonds is 6. The molecule has 1 aromatic heterocycles. The molecule has 2 heterocycles. The van der Waals surface area contributed by atoms with Crippen LogP contribution < -0.4 is 4.72 Å². The Balaban J connectivity index is 1.78. The molecule has 1 amide bonds. The van der Waals surface area contributed by atoms with Crippen LogP contribution in [0.15, 0.2) is 33.7 Å². The monoisotopic (exact) mass is 407 g/mol. The van der Waals surface area contributed by atoms with Gasteiger partial charge >= 0.3 is 0 Å². The summed E-state index contributed by atoms with van der Waals surface area (Å²) in [5, 5.41) is 13.8. The predicted octanol–water partition coefficient (Wildman–Crippen LogP) is 2.08. The van der Waals surface area contributed by atoms with Gasteiger partial charge in [0, 0.05) is 19.2 Å². The van der Waals surface area contributed by atoms with Gasteiger partial charge in [-0.25, -0.2) is 8.42 Å². The number of nitrogens with zero attached hydrogens (tertiary/aromatic N) is 2. The van der Waals surface area contributed by atoms with Crippen LogP contribution in [-0.4, -0.2) is 42.1 Å². The van der Waals surface area contributed by atoms with Crippen LogP contribution >= 0.6 is 0 Å². The number of amides is 1. The topological polar surface area (TPSA) is 113 Å². The largest absolute Gasteiger partial charge is 0.383 e. The van der Waals surface area contributed by atoms with Crippen molar-refractivity contribution in [2.24, 2.45) is 5.92 Å². The molecule has 1 aliphatic rings. The van der Waals surface area contributed by atoms with E-state index in [2.05, 4.69) is 9.88 Å². The van der Waals surface area contributed by atoms with E-state index in [1.165, 1.54) is 6.07 Å². The van der Waals surface area contributed by atoms with Gasteiger partial charge < -0.3 is 14.5 Å². The second kappa shape index (κ2) is 7.92. The summed E-state index contributed by atoms with van der Waals surface area (Å²) in [6.07, 6.45) is -0.0193. The van der Waals surface area contributed by atoms with Crippen molar-refractivity contribution in [1.82, 2.24) is 10.1 Å². The third-order valence-corrected chi connectivity index (χ3v) is 6.01. The van der Waals surface area contributed by atoms with Crippen LogP contribution in [0.25, 0.3) is 0 Å². The Hall–Kier alpha value is -2.39. The van der Waals surface area contributed by atoms with E-state index in [0.29, 0.717) is 25.1 Å². The van der Waals surface area contributed by atoms with Crippen molar-refractivity contribution in [3.8, 4) is 0 Å². The SMILES string of the molecule is Cc1cc(NS(=O)(=O)c2ccc3c(c2)CN(C(=O)C(O)CC(C)C)CC3)no1. The molecule has 1 aromatic carbocycles. The summed E-state index contributed by atoms with van der Waals surface area (Å²) in [6, 6.07) is 6.37. The molecule has 0 aliphatic carbocycles. The number of aromatic nitrogens is 1. The molecule has 0 saturated carbocycles. The minimum absolute atomic E-state index is 0.0870. The molecule has 3 rings (SSSR count). The van der Waals surface area contributed by atoms with Crippen LogP contribution in [0.5, 0.6) is 0 Å². The molecule has 152 valence electrons. The fourth-order valence-electron chi connectivity index (χ4n) is 3.26. The number of sulfonamides is 1. The van der Waals surface area contributed by atoms with Crippen molar-refractivity contribution in [3.05, 3.63) is 41.2 Å². The Morgan fingerprint density at radius 2 is 2.07 bits per heavy atom. The molecule has 0 saturated heterocycles. The fourth-order valence-corrected chi connectivity index (χ4v) is 4.29. The molecule has 9 heteroatoms. The number of aliphatic hydroxyl groups excluding tert-OH is 1. The summed E-state index contributed by atoms with van der Waals surface area (Å²) < 4.78 is 32.5. The van der Waals surface area contributed by atoms with Crippen molar-refractivity contribution in [2.45, 2.75) is 51.2 Å². The highest BCUT2D eigenvalue weighted by Gasteiger charge is 2.27. The smallest absolute Gasteiger partial charge is 0.263 e. The lowest BCUT2D eigenvalue weighted by Gasteiger charge is -2.31. The first kappa shape index (κ1) is 20.3. The summed E-state index contributed by atoms with van der Waals surface area (Å²) >= 11 is 0. The standard InChI is InChI=1S/C19H25N3O5S/c1-12(2)8-17(23)19(24)22-7-6-14-4-5-16(10-15(14)11-22)28(25,26)21-18-9-13(3)27-20-18/h4-5,9-10,12,17,23H,6-8,11H2,1-3H3,(H,20,21). The molecule has 1 aliphatic heterocycles. The minimum Gasteiger partial charge on any atom is -0.383 e. The summed E-state index contributed by atoms with van der Waals surface area (Å²) in [7, 11) is -3.83. The Bertz CT molecular complexity index is 968. The Morgan fingerprint density at radius 1 is 1.32 bits per heavy atom.